The Labute approximate surface area is 139 Å². The highest BCUT2D eigenvalue weighted by Crippen LogP contribution is 2.31. The van der Waals surface area contributed by atoms with Gasteiger partial charge in [-0.2, -0.15) is 0 Å². The first-order valence-electron chi connectivity index (χ1n) is 6.55. The third-order valence-corrected chi connectivity index (χ3v) is 3.88. The molecule has 0 spiro atoms. The van der Waals surface area contributed by atoms with Gasteiger partial charge in [0.15, 0.2) is 0 Å². The number of aliphatic hydroxyl groups is 1. The minimum absolute atomic E-state index is 0.0211. The molecule has 9 heteroatoms. The zero-order chi connectivity index (χ0) is 17.1. The van der Waals surface area contributed by atoms with Gasteiger partial charge in [0.2, 0.25) is 0 Å². The van der Waals surface area contributed by atoms with Crippen LogP contribution in [0.2, 0.25) is 0 Å². The molecule has 23 heavy (non-hydrogen) atoms. The number of nitrogens with one attached hydrogen (secondary N) is 1. The molecule has 1 amide bonds. The number of amides is 1. The minimum Gasteiger partial charge on any atom is -0.507 e. The molecule has 124 valence electrons. The highest BCUT2D eigenvalue weighted by molar-refractivity contribution is 9.10. The van der Waals surface area contributed by atoms with Crippen LogP contribution in [-0.4, -0.2) is 53.8 Å². The van der Waals surface area contributed by atoms with Gasteiger partial charge in [-0.15, -0.1) is 0 Å². The van der Waals surface area contributed by atoms with E-state index in [-0.39, 0.29) is 46.9 Å². The van der Waals surface area contributed by atoms with E-state index in [1.807, 2.05) is 0 Å². The number of nitrogens with zero attached hydrogens (tertiary/aromatic N) is 1. The number of β-amino-alcohol motifs (C(OH)–C–C–N with tert-alkyl or cyclic N) is 1. The highest BCUT2D eigenvalue weighted by atomic mass is 79.9. The van der Waals surface area contributed by atoms with E-state index in [9.17, 15) is 19.1 Å². The summed E-state index contributed by atoms with van der Waals surface area (Å²) < 4.78 is 18.7. The molecule has 0 aromatic heterocycles. The van der Waals surface area contributed by atoms with Crippen molar-refractivity contribution in [3.8, 4) is 5.75 Å². The number of anilines is 1. The third kappa shape index (κ3) is 3.45. The van der Waals surface area contributed by atoms with Gasteiger partial charge in [0.1, 0.15) is 17.3 Å². The lowest BCUT2D eigenvalue weighted by atomic mass is 10.2. The molecule has 1 aromatic carbocycles. The molecular weight excluding hydrogens is 375 g/mol. The van der Waals surface area contributed by atoms with Crippen LogP contribution in [0.15, 0.2) is 27.9 Å². The zero-order valence-electron chi connectivity index (χ0n) is 12.1. The summed E-state index contributed by atoms with van der Waals surface area (Å²) in [7, 11) is 1.16. The summed E-state index contributed by atoms with van der Waals surface area (Å²) >= 11 is 2.97. The lowest BCUT2D eigenvalue weighted by molar-refractivity contribution is -0.136. The number of ether oxygens (including phenoxy) is 1. The summed E-state index contributed by atoms with van der Waals surface area (Å²) in [6.07, 6.45) is 0. The van der Waals surface area contributed by atoms with Gasteiger partial charge < -0.3 is 25.2 Å². The van der Waals surface area contributed by atoms with Gasteiger partial charge in [-0.3, -0.25) is 4.79 Å². The molecule has 0 saturated carbocycles. The van der Waals surface area contributed by atoms with Crippen molar-refractivity contribution in [1.29, 1.82) is 0 Å². The molecule has 0 atom stereocenters. The van der Waals surface area contributed by atoms with Crippen molar-refractivity contribution in [3.05, 3.63) is 33.7 Å². The smallest absolute Gasteiger partial charge is 0.337 e. The third-order valence-electron chi connectivity index (χ3n) is 3.25. The van der Waals surface area contributed by atoms with Gasteiger partial charge in [0.05, 0.1) is 36.0 Å². The molecule has 2 rings (SSSR count). The Balaban J connectivity index is 2.39. The molecule has 0 radical (unpaired) electrons. The van der Waals surface area contributed by atoms with Crippen LogP contribution in [0.3, 0.4) is 0 Å². The van der Waals surface area contributed by atoms with E-state index in [0.717, 1.165) is 19.2 Å². The number of carbonyl (C=O) groups excluding carboxylic acids is 2. The summed E-state index contributed by atoms with van der Waals surface area (Å²) in [6.45, 7) is -0.308. The second kappa shape index (κ2) is 6.97. The molecule has 3 N–H and O–H groups in total. The molecule has 1 heterocycles. The summed E-state index contributed by atoms with van der Waals surface area (Å²) in [4.78, 5) is 25.3. The Morgan fingerprint density at radius 3 is 2.83 bits per heavy atom. The fourth-order valence-corrected chi connectivity index (χ4v) is 2.43. The van der Waals surface area contributed by atoms with Gasteiger partial charge in [-0.05, 0) is 22.0 Å². The summed E-state index contributed by atoms with van der Waals surface area (Å²) in [6, 6.07) is 2.12. The molecule has 0 fully saturated rings. The van der Waals surface area contributed by atoms with Crippen LogP contribution in [0.25, 0.3) is 0 Å². The van der Waals surface area contributed by atoms with Crippen molar-refractivity contribution in [1.82, 2.24) is 4.90 Å². The summed E-state index contributed by atoms with van der Waals surface area (Å²) in [5.41, 5.74) is -0.292. The maximum atomic E-state index is 14.0. The molecular formula is C14H14BrFN2O5. The van der Waals surface area contributed by atoms with E-state index >= 15 is 0 Å². The molecule has 0 bridgehead atoms. The Morgan fingerprint density at radius 2 is 2.22 bits per heavy atom. The van der Waals surface area contributed by atoms with E-state index in [1.165, 1.54) is 4.90 Å². The predicted octanol–water partition coefficient (Wildman–Crippen LogP) is 0.967. The number of phenols is 1. The van der Waals surface area contributed by atoms with Crippen LogP contribution < -0.4 is 5.32 Å². The maximum absolute atomic E-state index is 14.0. The van der Waals surface area contributed by atoms with Crippen molar-refractivity contribution in [2.45, 2.75) is 0 Å². The van der Waals surface area contributed by atoms with Gasteiger partial charge in [-0.1, -0.05) is 0 Å². The molecule has 0 aliphatic carbocycles. The fraction of sp³-hybridized carbons (Fsp3) is 0.286. The van der Waals surface area contributed by atoms with Crippen molar-refractivity contribution in [2.75, 3.05) is 32.1 Å². The Morgan fingerprint density at radius 1 is 1.52 bits per heavy atom. The van der Waals surface area contributed by atoms with Gasteiger partial charge >= 0.3 is 5.97 Å². The number of carbonyl (C=O) groups is 2. The van der Waals surface area contributed by atoms with Crippen LogP contribution in [-0.2, 0) is 14.3 Å². The SMILES string of the molecule is COC(=O)C1=C(Nc2cc(O)c(Br)cc2F)C(=O)N(CCO)C1. The Bertz CT molecular complexity index is 692. The molecule has 1 aliphatic rings. The lowest BCUT2D eigenvalue weighted by Gasteiger charge is -2.15. The molecule has 1 aromatic rings. The second-order valence-corrected chi connectivity index (χ2v) is 5.56. The summed E-state index contributed by atoms with van der Waals surface area (Å²) in [5.74, 6) is -2.25. The molecule has 0 unspecified atom stereocenters. The van der Waals surface area contributed by atoms with Crippen LogP contribution in [0, 0.1) is 5.82 Å². The van der Waals surface area contributed by atoms with E-state index < -0.39 is 17.7 Å². The van der Waals surface area contributed by atoms with Crippen molar-refractivity contribution < 1.29 is 28.9 Å². The van der Waals surface area contributed by atoms with Crippen LogP contribution in [0.5, 0.6) is 5.75 Å². The van der Waals surface area contributed by atoms with Crippen LogP contribution in [0.4, 0.5) is 10.1 Å². The maximum Gasteiger partial charge on any atom is 0.337 e. The van der Waals surface area contributed by atoms with Crippen molar-refractivity contribution in [2.24, 2.45) is 0 Å². The Hall–Kier alpha value is -2.13. The monoisotopic (exact) mass is 388 g/mol. The number of hydrogen-bond donors (Lipinski definition) is 3. The average Bonchev–Trinajstić information content (AvgIpc) is 2.81. The number of phenolic OH excluding ortho intramolecular Hbond substituents is 1. The number of aromatic hydroxyl groups is 1. The lowest BCUT2D eigenvalue weighted by Crippen LogP contribution is -2.31. The standard InChI is InChI=1S/C14H14BrFN2O5/c1-23-14(22)7-6-18(2-3-19)13(21)12(7)17-10-5-11(20)8(15)4-9(10)16/h4-5,17,19-20H,2-3,6H2,1H3. The number of methoxy groups -OCH3 is 1. The van der Waals surface area contributed by atoms with Crippen LogP contribution >= 0.6 is 15.9 Å². The molecule has 7 nitrogen and oxygen atoms in total. The fourth-order valence-electron chi connectivity index (χ4n) is 2.12. The van der Waals surface area contributed by atoms with Gasteiger partial charge in [0, 0.05) is 12.6 Å². The van der Waals surface area contributed by atoms with E-state index in [1.54, 1.807) is 0 Å². The number of halogens is 2. The zero-order valence-corrected chi connectivity index (χ0v) is 13.7. The van der Waals surface area contributed by atoms with E-state index in [4.69, 9.17) is 5.11 Å². The number of hydrogen-bond acceptors (Lipinski definition) is 6. The Kier molecular flexibility index (Phi) is 5.22. The number of esters is 1. The van der Waals surface area contributed by atoms with Crippen molar-refractivity contribution >= 4 is 33.5 Å². The number of aliphatic hydroxyl groups excluding tert-OH is 1. The average molecular weight is 389 g/mol. The van der Waals surface area contributed by atoms with Gasteiger partial charge in [0.25, 0.3) is 5.91 Å². The topological polar surface area (TPSA) is 99.1 Å². The normalized spacial score (nSPS) is 14.4. The largest absolute Gasteiger partial charge is 0.507 e. The number of benzene rings is 1. The highest BCUT2D eigenvalue weighted by Gasteiger charge is 2.34. The van der Waals surface area contributed by atoms with Gasteiger partial charge in [-0.25, -0.2) is 9.18 Å². The molecule has 0 saturated heterocycles. The first-order valence-corrected chi connectivity index (χ1v) is 7.35. The predicted molar refractivity (Wildman–Crippen MR) is 82.1 cm³/mol. The first-order chi connectivity index (χ1) is 10.9. The van der Waals surface area contributed by atoms with Crippen molar-refractivity contribution in [3.63, 3.8) is 0 Å². The molecule has 1 aliphatic heterocycles. The first kappa shape index (κ1) is 17.2. The van der Waals surface area contributed by atoms with E-state index in [0.29, 0.717) is 0 Å². The summed E-state index contributed by atoms with van der Waals surface area (Å²) in [5, 5.41) is 21.1. The van der Waals surface area contributed by atoms with Crippen LogP contribution in [0.1, 0.15) is 0 Å². The second-order valence-electron chi connectivity index (χ2n) is 4.70. The quantitative estimate of drug-likeness (QED) is 0.650. The number of rotatable bonds is 5. The van der Waals surface area contributed by atoms with E-state index in [2.05, 4.69) is 26.0 Å². The minimum atomic E-state index is -0.733.